The fourth-order valence-corrected chi connectivity index (χ4v) is 1.41. The van der Waals surface area contributed by atoms with Crippen LogP contribution in [0, 0.1) is 0 Å². The normalized spacial score (nSPS) is 21.8. The van der Waals surface area contributed by atoms with Gasteiger partial charge in [0.15, 0.2) is 0 Å². The Kier molecular flexibility index (Phi) is 2.70. The van der Waals surface area contributed by atoms with Crippen LogP contribution in [0.5, 0.6) is 0 Å². The summed E-state index contributed by atoms with van der Waals surface area (Å²) in [6, 6.07) is 0. The Labute approximate surface area is 76.5 Å². The third-order valence-corrected chi connectivity index (χ3v) is 2.07. The maximum Gasteiger partial charge on any atom is 0.346 e. The number of methoxy groups -OCH3 is 1. The van der Waals surface area contributed by atoms with Crippen molar-refractivity contribution in [2.45, 2.75) is 26.4 Å². The van der Waals surface area contributed by atoms with Gasteiger partial charge in [-0.3, -0.25) is 0 Å². The summed E-state index contributed by atoms with van der Waals surface area (Å²) in [7, 11) is 1.25. The second kappa shape index (κ2) is 3.60. The van der Waals surface area contributed by atoms with Crippen LogP contribution in [0.15, 0.2) is 11.1 Å². The number of esters is 2. The summed E-state index contributed by atoms with van der Waals surface area (Å²) >= 11 is 0. The van der Waals surface area contributed by atoms with Gasteiger partial charge in [-0.25, -0.2) is 9.59 Å². The Morgan fingerprint density at radius 1 is 1.62 bits per heavy atom. The van der Waals surface area contributed by atoms with E-state index in [1.807, 2.05) is 6.92 Å². The third kappa shape index (κ3) is 1.56. The van der Waals surface area contributed by atoms with Gasteiger partial charge in [0.05, 0.1) is 7.11 Å². The predicted octanol–water partition coefficient (Wildman–Crippen LogP) is 0.811. The van der Waals surface area contributed by atoms with Gasteiger partial charge >= 0.3 is 11.9 Å². The molecule has 0 fully saturated rings. The molecular formula is C9H12O4. The largest absolute Gasteiger partial charge is 0.465 e. The Hall–Kier alpha value is -1.32. The minimum atomic E-state index is -0.605. The standard InChI is InChI=1S/C9H12O4/c1-4-6-5(2)13-9(11)7(6)8(10)12-3/h5H,4H2,1-3H3. The summed E-state index contributed by atoms with van der Waals surface area (Å²) in [5.41, 5.74) is 0.786. The van der Waals surface area contributed by atoms with Gasteiger partial charge in [-0.05, 0) is 18.9 Å². The van der Waals surface area contributed by atoms with Crippen molar-refractivity contribution >= 4 is 11.9 Å². The minimum Gasteiger partial charge on any atom is -0.465 e. The number of rotatable bonds is 2. The highest BCUT2D eigenvalue weighted by Crippen LogP contribution is 2.25. The van der Waals surface area contributed by atoms with E-state index in [0.717, 1.165) is 5.57 Å². The quantitative estimate of drug-likeness (QED) is 0.470. The molecule has 0 aliphatic carbocycles. The summed E-state index contributed by atoms with van der Waals surface area (Å²) < 4.78 is 9.37. The maximum absolute atomic E-state index is 11.2. The van der Waals surface area contributed by atoms with Crippen molar-refractivity contribution in [1.82, 2.24) is 0 Å². The van der Waals surface area contributed by atoms with Crippen LogP contribution in [0.3, 0.4) is 0 Å². The van der Waals surface area contributed by atoms with Crippen LogP contribution in [0.25, 0.3) is 0 Å². The van der Waals surface area contributed by atoms with Crippen LogP contribution in [-0.4, -0.2) is 25.2 Å². The Morgan fingerprint density at radius 3 is 2.69 bits per heavy atom. The van der Waals surface area contributed by atoms with Gasteiger partial charge in [-0.15, -0.1) is 0 Å². The molecule has 4 nitrogen and oxygen atoms in total. The van der Waals surface area contributed by atoms with E-state index in [1.54, 1.807) is 6.92 Å². The van der Waals surface area contributed by atoms with E-state index in [9.17, 15) is 9.59 Å². The number of ether oxygens (including phenoxy) is 2. The molecule has 0 aromatic carbocycles. The molecule has 0 saturated carbocycles. The zero-order chi connectivity index (χ0) is 10.0. The molecule has 1 heterocycles. The van der Waals surface area contributed by atoms with E-state index in [1.165, 1.54) is 7.11 Å². The molecule has 0 radical (unpaired) electrons. The SMILES string of the molecule is CCC1=C(C(=O)OC)C(=O)OC1C. The number of carbonyl (C=O) groups excluding carboxylic acids is 2. The second-order valence-corrected chi connectivity index (χ2v) is 2.79. The lowest BCUT2D eigenvalue weighted by Gasteiger charge is -2.04. The van der Waals surface area contributed by atoms with Crippen LogP contribution in [-0.2, 0) is 19.1 Å². The fourth-order valence-electron chi connectivity index (χ4n) is 1.41. The molecule has 1 atom stereocenters. The van der Waals surface area contributed by atoms with Crippen LogP contribution in [0.4, 0.5) is 0 Å². The third-order valence-electron chi connectivity index (χ3n) is 2.07. The Morgan fingerprint density at radius 2 is 2.23 bits per heavy atom. The lowest BCUT2D eigenvalue weighted by atomic mass is 10.0. The number of cyclic esters (lactones) is 1. The molecule has 1 rings (SSSR count). The number of hydrogen-bond acceptors (Lipinski definition) is 4. The molecule has 4 heteroatoms. The fraction of sp³-hybridized carbons (Fsp3) is 0.556. The van der Waals surface area contributed by atoms with Crippen LogP contribution < -0.4 is 0 Å². The molecule has 0 amide bonds. The van der Waals surface area contributed by atoms with Gasteiger partial charge in [-0.2, -0.15) is 0 Å². The molecule has 0 spiro atoms. The van der Waals surface area contributed by atoms with Gasteiger partial charge in [0.1, 0.15) is 11.7 Å². The van der Waals surface area contributed by atoms with Gasteiger partial charge in [0.25, 0.3) is 0 Å². The molecule has 1 aliphatic heterocycles. The van der Waals surface area contributed by atoms with Crippen molar-refractivity contribution in [3.05, 3.63) is 11.1 Å². The monoisotopic (exact) mass is 184 g/mol. The van der Waals surface area contributed by atoms with E-state index in [-0.39, 0.29) is 11.7 Å². The van der Waals surface area contributed by atoms with Crippen molar-refractivity contribution in [3.8, 4) is 0 Å². The molecule has 72 valence electrons. The molecule has 1 aliphatic rings. The smallest absolute Gasteiger partial charge is 0.346 e. The molecular weight excluding hydrogens is 172 g/mol. The van der Waals surface area contributed by atoms with E-state index in [4.69, 9.17) is 4.74 Å². The summed E-state index contributed by atoms with van der Waals surface area (Å²) in [4.78, 5) is 22.3. The lowest BCUT2D eigenvalue weighted by molar-refractivity contribution is -0.144. The van der Waals surface area contributed by atoms with E-state index in [2.05, 4.69) is 4.74 Å². The zero-order valence-electron chi connectivity index (χ0n) is 7.92. The lowest BCUT2D eigenvalue weighted by Crippen LogP contribution is -2.12. The molecule has 0 aromatic heterocycles. The highest BCUT2D eigenvalue weighted by molar-refractivity contribution is 6.16. The first-order chi connectivity index (χ1) is 6.11. The van der Waals surface area contributed by atoms with E-state index < -0.39 is 11.9 Å². The summed E-state index contributed by atoms with van der Waals surface area (Å²) in [6.45, 7) is 3.61. The van der Waals surface area contributed by atoms with Crippen LogP contribution in [0.1, 0.15) is 20.3 Å². The molecule has 0 saturated heterocycles. The Balaban J connectivity index is 3.06. The number of carbonyl (C=O) groups is 2. The van der Waals surface area contributed by atoms with Crippen LogP contribution >= 0.6 is 0 Å². The predicted molar refractivity (Wildman–Crippen MR) is 44.9 cm³/mol. The summed E-state index contributed by atoms with van der Waals surface area (Å²) in [6.07, 6.45) is 0.323. The first kappa shape index (κ1) is 9.77. The highest BCUT2D eigenvalue weighted by atomic mass is 16.6. The second-order valence-electron chi connectivity index (χ2n) is 2.79. The van der Waals surface area contributed by atoms with Crippen LogP contribution in [0.2, 0.25) is 0 Å². The highest BCUT2D eigenvalue weighted by Gasteiger charge is 2.35. The van der Waals surface area contributed by atoms with Gasteiger partial charge < -0.3 is 9.47 Å². The summed E-state index contributed by atoms with van der Waals surface area (Å²) in [5.74, 6) is -1.18. The molecule has 13 heavy (non-hydrogen) atoms. The van der Waals surface area contributed by atoms with E-state index in [0.29, 0.717) is 6.42 Å². The van der Waals surface area contributed by atoms with Crippen molar-refractivity contribution in [2.24, 2.45) is 0 Å². The topological polar surface area (TPSA) is 52.6 Å². The van der Waals surface area contributed by atoms with Gasteiger partial charge in [0, 0.05) is 0 Å². The van der Waals surface area contributed by atoms with E-state index >= 15 is 0 Å². The molecule has 0 bridgehead atoms. The molecule has 0 aromatic rings. The average molecular weight is 184 g/mol. The van der Waals surface area contributed by atoms with Crippen molar-refractivity contribution < 1.29 is 19.1 Å². The van der Waals surface area contributed by atoms with Crippen molar-refractivity contribution in [3.63, 3.8) is 0 Å². The first-order valence-corrected chi connectivity index (χ1v) is 4.14. The van der Waals surface area contributed by atoms with Crippen molar-refractivity contribution in [1.29, 1.82) is 0 Å². The first-order valence-electron chi connectivity index (χ1n) is 4.14. The van der Waals surface area contributed by atoms with Crippen molar-refractivity contribution in [2.75, 3.05) is 7.11 Å². The zero-order valence-corrected chi connectivity index (χ0v) is 7.92. The average Bonchev–Trinajstić information content (AvgIpc) is 2.39. The molecule has 0 N–H and O–H groups in total. The minimum absolute atomic E-state index is 0.0671. The Bertz CT molecular complexity index is 277. The van der Waals surface area contributed by atoms with Gasteiger partial charge in [-0.1, -0.05) is 6.92 Å². The summed E-state index contributed by atoms with van der Waals surface area (Å²) in [5, 5.41) is 0. The van der Waals surface area contributed by atoms with Gasteiger partial charge in [0.2, 0.25) is 0 Å². The maximum atomic E-state index is 11.2. The number of hydrogen-bond donors (Lipinski definition) is 0. The molecule has 1 unspecified atom stereocenters.